The van der Waals surface area contributed by atoms with Crippen LogP contribution in [0.2, 0.25) is 0 Å². The number of hydrogen-bond donors (Lipinski definition) is 2. The minimum atomic E-state index is -3.47. The summed E-state index contributed by atoms with van der Waals surface area (Å²) in [6, 6.07) is 6.94. The lowest BCUT2D eigenvalue weighted by atomic mass is 9.81. The molecule has 0 aliphatic carbocycles. The van der Waals surface area contributed by atoms with Crippen molar-refractivity contribution in [3.05, 3.63) is 29.8 Å². The monoisotopic (exact) mass is 393 g/mol. The molecule has 2 aliphatic rings. The van der Waals surface area contributed by atoms with Crippen LogP contribution in [0.4, 0.5) is 0 Å². The van der Waals surface area contributed by atoms with E-state index in [0.29, 0.717) is 37.4 Å². The van der Waals surface area contributed by atoms with Crippen LogP contribution in [0.5, 0.6) is 0 Å². The summed E-state index contributed by atoms with van der Waals surface area (Å²) < 4.78 is 27.0. The van der Waals surface area contributed by atoms with Crippen molar-refractivity contribution in [2.45, 2.75) is 44.4 Å². The quantitative estimate of drug-likeness (QED) is 0.801. The van der Waals surface area contributed by atoms with E-state index in [1.165, 1.54) is 4.31 Å². The second-order valence-corrected chi connectivity index (χ2v) is 10.2. The summed E-state index contributed by atoms with van der Waals surface area (Å²) in [6.07, 6.45) is 3.30. The number of amides is 1. The molecule has 2 saturated heterocycles. The zero-order chi connectivity index (χ0) is 19.5. The molecule has 0 unspecified atom stereocenters. The average molecular weight is 394 g/mol. The Morgan fingerprint density at radius 2 is 1.78 bits per heavy atom. The van der Waals surface area contributed by atoms with Crippen molar-refractivity contribution >= 4 is 15.9 Å². The normalized spacial score (nSPS) is 21.7. The van der Waals surface area contributed by atoms with Crippen molar-refractivity contribution in [2.24, 2.45) is 11.3 Å². The van der Waals surface area contributed by atoms with Crippen LogP contribution >= 0.6 is 0 Å². The molecule has 0 atom stereocenters. The number of carbonyl (C=O) groups is 1. The van der Waals surface area contributed by atoms with Crippen LogP contribution in [0.15, 0.2) is 29.2 Å². The van der Waals surface area contributed by atoms with Gasteiger partial charge in [-0.3, -0.25) is 4.79 Å². The molecule has 6 nitrogen and oxygen atoms in total. The Labute approximate surface area is 162 Å². The van der Waals surface area contributed by atoms with Crippen LogP contribution in [-0.2, 0) is 14.8 Å². The molecule has 2 heterocycles. The second kappa shape index (κ2) is 8.29. The molecule has 0 spiro atoms. The van der Waals surface area contributed by atoms with E-state index < -0.39 is 10.0 Å². The highest BCUT2D eigenvalue weighted by Crippen LogP contribution is 2.28. The van der Waals surface area contributed by atoms with E-state index in [-0.39, 0.29) is 17.2 Å². The first kappa shape index (κ1) is 20.3. The number of sulfonamides is 1. The van der Waals surface area contributed by atoms with Gasteiger partial charge in [0.15, 0.2) is 0 Å². The van der Waals surface area contributed by atoms with Crippen LogP contribution in [0, 0.1) is 18.3 Å². The molecule has 2 fully saturated rings. The van der Waals surface area contributed by atoms with Crippen molar-refractivity contribution < 1.29 is 13.2 Å². The molecule has 0 radical (unpaired) electrons. The molecule has 2 N–H and O–H groups in total. The Morgan fingerprint density at radius 1 is 1.19 bits per heavy atom. The first-order chi connectivity index (χ1) is 12.8. The SMILES string of the molecule is Cc1ccc(S(=O)(=O)N2CCC(C(=O)NCC3(C)CCNCC3)CC2)cc1. The standard InChI is InChI=1S/C20H31N3O3S/c1-16-3-5-18(6-4-16)27(25,26)23-13-7-17(8-14-23)19(24)22-15-20(2)9-11-21-12-10-20/h3-6,17,21H,7-15H2,1-2H3,(H,22,24). The lowest BCUT2D eigenvalue weighted by Crippen LogP contribution is -2.46. The van der Waals surface area contributed by atoms with Gasteiger partial charge in [0.2, 0.25) is 15.9 Å². The van der Waals surface area contributed by atoms with Gasteiger partial charge in [-0.2, -0.15) is 4.31 Å². The van der Waals surface area contributed by atoms with E-state index in [4.69, 9.17) is 0 Å². The maximum atomic E-state index is 12.8. The van der Waals surface area contributed by atoms with Gasteiger partial charge in [-0.25, -0.2) is 8.42 Å². The third kappa shape index (κ3) is 4.89. The molecular formula is C20H31N3O3S. The maximum absolute atomic E-state index is 12.8. The predicted octanol–water partition coefficient (Wildman–Crippen LogP) is 1.90. The van der Waals surface area contributed by atoms with Gasteiger partial charge in [0.25, 0.3) is 0 Å². The molecule has 150 valence electrons. The number of rotatable bonds is 5. The first-order valence-electron chi connectivity index (χ1n) is 9.85. The second-order valence-electron chi connectivity index (χ2n) is 8.27. The molecule has 2 aliphatic heterocycles. The summed E-state index contributed by atoms with van der Waals surface area (Å²) in [5.41, 5.74) is 1.20. The van der Waals surface area contributed by atoms with E-state index in [9.17, 15) is 13.2 Å². The zero-order valence-corrected chi connectivity index (χ0v) is 17.1. The minimum Gasteiger partial charge on any atom is -0.355 e. The van der Waals surface area contributed by atoms with Crippen molar-refractivity contribution in [1.29, 1.82) is 0 Å². The Bertz CT molecular complexity index is 747. The van der Waals surface area contributed by atoms with Gasteiger partial charge in [0.05, 0.1) is 4.90 Å². The van der Waals surface area contributed by atoms with Crippen molar-refractivity contribution in [3.8, 4) is 0 Å². The summed E-state index contributed by atoms with van der Waals surface area (Å²) >= 11 is 0. The van der Waals surface area contributed by atoms with Gasteiger partial charge in [0.1, 0.15) is 0 Å². The summed E-state index contributed by atoms with van der Waals surface area (Å²) in [6.45, 7) is 7.67. The van der Waals surface area contributed by atoms with Crippen LogP contribution < -0.4 is 10.6 Å². The predicted molar refractivity (Wildman–Crippen MR) is 106 cm³/mol. The van der Waals surface area contributed by atoms with E-state index >= 15 is 0 Å². The third-order valence-corrected chi connectivity index (χ3v) is 7.90. The molecule has 0 aromatic heterocycles. The average Bonchev–Trinajstić information content (AvgIpc) is 2.67. The highest BCUT2D eigenvalue weighted by atomic mass is 32.2. The van der Waals surface area contributed by atoms with Crippen LogP contribution in [0.1, 0.15) is 38.2 Å². The largest absolute Gasteiger partial charge is 0.355 e. The molecule has 1 amide bonds. The number of benzene rings is 1. The van der Waals surface area contributed by atoms with Gasteiger partial charge in [0, 0.05) is 25.6 Å². The summed E-state index contributed by atoms with van der Waals surface area (Å²) in [7, 11) is -3.47. The van der Waals surface area contributed by atoms with Crippen LogP contribution in [0.25, 0.3) is 0 Å². The van der Waals surface area contributed by atoms with Crippen molar-refractivity contribution in [3.63, 3.8) is 0 Å². The Morgan fingerprint density at radius 3 is 2.37 bits per heavy atom. The number of nitrogens with zero attached hydrogens (tertiary/aromatic N) is 1. The van der Waals surface area contributed by atoms with Crippen molar-refractivity contribution in [1.82, 2.24) is 14.9 Å². The van der Waals surface area contributed by atoms with Gasteiger partial charge in [-0.15, -0.1) is 0 Å². The van der Waals surface area contributed by atoms with E-state index in [2.05, 4.69) is 17.6 Å². The van der Waals surface area contributed by atoms with Crippen molar-refractivity contribution in [2.75, 3.05) is 32.7 Å². The van der Waals surface area contributed by atoms with E-state index in [1.807, 2.05) is 19.1 Å². The van der Waals surface area contributed by atoms with E-state index in [0.717, 1.165) is 31.5 Å². The van der Waals surface area contributed by atoms with Gasteiger partial charge in [-0.05, 0) is 63.2 Å². The number of piperidine rings is 2. The third-order valence-electron chi connectivity index (χ3n) is 5.98. The Balaban J connectivity index is 1.52. The van der Waals surface area contributed by atoms with Gasteiger partial charge < -0.3 is 10.6 Å². The summed E-state index contributed by atoms with van der Waals surface area (Å²) in [5.74, 6) is -0.0260. The molecule has 3 rings (SSSR count). The number of hydrogen-bond acceptors (Lipinski definition) is 4. The summed E-state index contributed by atoms with van der Waals surface area (Å²) in [5, 5.41) is 6.47. The lowest BCUT2D eigenvalue weighted by Gasteiger charge is -2.35. The Hall–Kier alpha value is -1.44. The highest BCUT2D eigenvalue weighted by molar-refractivity contribution is 7.89. The molecular weight excluding hydrogens is 362 g/mol. The highest BCUT2D eigenvalue weighted by Gasteiger charge is 2.33. The number of nitrogens with one attached hydrogen (secondary N) is 2. The minimum absolute atomic E-state index is 0.0714. The molecule has 0 saturated carbocycles. The zero-order valence-electron chi connectivity index (χ0n) is 16.3. The van der Waals surface area contributed by atoms with Gasteiger partial charge in [-0.1, -0.05) is 24.6 Å². The Kier molecular flexibility index (Phi) is 6.23. The number of aryl methyl sites for hydroxylation is 1. The van der Waals surface area contributed by atoms with Gasteiger partial charge >= 0.3 is 0 Å². The number of carbonyl (C=O) groups excluding carboxylic acids is 1. The molecule has 0 bridgehead atoms. The fraction of sp³-hybridized carbons (Fsp3) is 0.650. The van der Waals surface area contributed by atoms with Crippen LogP contribution in [-0.4, -0.2) is 51.4 Å². The summed E-state index contributed by atoms with van der Waals surface area (Å²) in [4.78, 5) is 12.9. The molecule has 7 heteroatoms. The fourth-order valence-corrected chi connectivity index (χ4v) is 5.34. The first-order valence-corrected chi connectivity index (χ1v) is 11.3. The lowest BCUT2D eigenvalue weighted by molar-refractivity contribution is -0.126. The van der Waals surface area contributed by atoms with E-state index in [1.54, 1.807) is 12.1 Å². The smallest absolute Gasteiger partial charge is 0.243 e. The molecule has 1 aromatic rings. The van der Waals surface area contributed by atoms with Crippen LogP contribution in [0.3, 0.4) is 0 Å². The fourth-order valence-electron chi connectivity index (χ4n) is 3.87. The molecule has 1 aromatic carbocycles. The molecule has 27 heavy (non-hydrogen) atoms. The topological polar surface area (TPSA) is 78.5 Å². The maximum Gasteiger partial charge on any atom is 0.243 e.